The van der Waals surface area contributed by atoms with Crippen molar-refractivity contribution in [1.29, 1.82) is 0 Å². The SMILES string of the molecule is CN=C(NC[C@H]1CCCN1S(C)(=O)=O)N1CCC(=Cc2ccccc2)CC1. The zero-order valence-corrected chi connectivity index (χ0v) is 17.1. The van der Waals surface area contributed by atoms with Crippen molar-refractivity contribution in [2.24, 2.45) is 4.99 Å². The summed E-state index contributed by atoms with van der Waals surface area (Å²) in [5, 5.41) is 3.40. The second-order valence-corrected chi connectivity index (χ2v) is 9.23. The van der Waals surface area contributed by atoms with Gasteiger partial charge in [-0.1, -0.05) is 42.0 Å². The normalized spacial score (nSPS) is 22.1. The molecular weight excluding hydrogens is 360 g/mol. The van der Waals surface area contributed by atoms with Crippen molar-refractivity contribution in [2.75, 3.05) is 39.5 Å². The summed E-state index contributed by atoms with van der Waals surface area (Å²) in [5.41, 5.74) is 2.72. The molecule has 0 radical (unpaired) electrons. The number of aliphatic imine (C=N–C) groups is 1. The molecule has 2 heterocycles. The Morgan fingerprint density at radius 3 is 2.56 bits per heavy atom. The van der Waals surface area contributed by atoms with Gasteiger partial charge in [0.05, 0.1) is 6.26 Å². The Hall–Kier alpha value is -1.86. The van der Waals surface area contributed by atoms with E-state index in [4.69, 9.17) is 0 Å². The average Bonchev–Trinajstić information content (AvgIpc) is 3.13. The molecule has 7 heteroatoms. The molecular formula is C20H30N4O2S. The van der Waals surface area contributed by atoms with Crippen molar-refractivity contribution in [2.45, 2.75) is 31.7 Å². The summed E-state index contributed by atoms with van der Waals surface area (Å²) in [6.45, 7) is 3.10. The third kappa shape index (κ3) is 5.32. The number of piperidine rings is 1. The summed E-state index contributed by atoms with van der Waals surface area (Å²) >= 11 is 0. The summed E-state index contributed by atoms with van der Waals surface area (Å²) in [6.07, 6.45) is 7.46. The fraction of sp³-hybridized carbons (Fsp3) is 0.550. The van der Waals surface area contributed by atoms with E-state index in [0.717, 1.165) is 44.7 Å². The first kappa shape index (κ1) is 19.9. The molecule has 1 aromatic rings. The van der Waals surface area contributed by atoms with Crippen LogP contribution in [0.1, 0.15) is 31.2 Å². The molecule has 1 N–H and O–H groups in total. The molecule has 2 aliphatic rings. The van der Waals surface area contributed by atoms with Crippen LogP contribution < -0.4 is 5.32 Å². The summed E-state index contributed by atoms with van der Waals surface area (Å²) in [5.74, 6) is 0.870. The highest BCUT2D eigenvalue weighted by Gasteiger charge is 2.31. The number of nitrogens with zero attached hydrogens (tertiary/aromatic N) is 3. The number of sulfonamides is 1. The Balaban J connectivity index is 1.53. The Bertz CT molecular complexity index is 779. The molecule has 6 nitrogen and oxygen atoms in total. The first-order valence-electron chi connectivity index (χ1n) is 9.64. The van der Waals surface area contributed by atoms with E-state index in [1.165, 1.54) is 17.4 Å². The van der Waals surface area contributed by atoms with Gasteiger partial charge in [-0.05, 0) is 31.2 Å². The predicted octanol–water partition coefficient (Wildman–Crippen LogP) is 2.17. The van der Waals surface area contributed by atoms with Gasteiger partial charge in [-0.3, -0.25) is 4.99 Å². The number of benzene rings is 1. The van der Waals surface area contributed by atoms with Gasteiger partial charge in [0, 0.05) is 39.3 Å². The predicted molar refractivity (Wildman–Crippen MR) is 111 cm³/mol. The molecule has 1 atom stereocenters. The van der Waals surface area contributed by atoms with Crippen molar-refractivity contribution in [3.63, 3.8) is 0 Å². The molecule has 0 aromatic heterocycles. The van der Waals surface area contributed by atoms with E-state index in [1.54, 1.807) is 11.4 Å². The van der Waals surface area contributed by atoms with Gasteiger partial charge in [0.25, 0.3) is 0 Å². The van der Waals surface area contributed by atoms with E-state index in [9.17, 15) is 8.42 Å². The average molecular weight is 391 g/mol. The number of rotatable bonds is 4. The first-order valence-corrected chi connectivity index (χ1v) is 11.5. The minimum absolute atomic E-state index is 0.0232. The van der Waals surface area contributed by atoms with E-state index in [-0.39, 0.29) is 6.04 Å². The molecule has 27 heavy (non-hydrogen) atoms. The number of likely N-dealkylation sites (tertiary alicyclic amines) is 1. The van der Waals surface area contributed by atoms with Crippen molar-refractivity contribution in [1.82, 2.24) is 14.5 Å². The Morgan fingerprint density at radius 1 is 1.22 bits per heavy atom. The molecule has 0 spiro atoms. The van der Waals surface area contributed by atoms with Crippen LogP contribution >= 0.6 is 0 Å². The lowest BCUT2D eigenvalue weighted by molar-refractivity contribution is 0.356. The van der Waals surface area contributed by atoms with Gasteiger partial charge in [0.2, 0.25) is 10.0 Å². The highest BCUT2D eigenvalue weighted by atomic mass is 32.2. The smallest absolute Gasteiger partial charge is 0.211 e. The molecule has 3 rings (SSSR count). The van der Waals surface area contributed by atoms with Crippen molar-refractivity contribution in [3.05, 3.63) is 41.5 Å². The lowest BCUT2D eigenvalue weighted by Gasteiger charge is -2.32. The Morgan fingerprint density at radius 2 is 1.93 bits per heavy atom. The van der Waals surface area contributed by atoms with Crippen LogP contribution in [-0.2, 0) is 10.0 Å². The van der Waals surface area contributed by atoms with Crippen LogP contribution in [0, 0.1) is 0 Å². The monoisotopic (exact) mass is 390 g/mol. The van der Waals surface area contributed by atoms with Crippen molar-refractivity contribution < 1.29 is 8.42 Å². The molecule has 1 aromatic carbocycles. The zero-order chi connectivity index (χ0) is 19.3. The van der Waals surface area contributed by atoms with Gasteiger partial charge in [-0.2, -0.15) is 4.31 Å². The van der Waals surface area contributed by atoms with E-state index in [1.807, 2.05) is 6.07 Å². The molecule has 148 valence electrons. The highest BCUT2D eigenvalue weighted by Crippen LogP contribution is 2.21. The van der Waals surface area contributed by atoms with Crippen LogP contribution in [0.15, 0.2) is 40.9 Å². The summed E-state index contributed by atoms with van der Waals surface area (Å²) in [7, 11) is -1.34. The Labute approximate surface area is 163 Å². The number of guanidine groups is 1. The zero-order valence-electron chi connectivity index (χ0n) is 16.3. The van der Waals surface area contributed by atoms with E-state index >= 15 is 0 Å². The fourth-order valence-corrected chi connectivity index (χ4v) is 5.11. The third-order valence-corrected chi connectivity index (χ3v) is 6.66. The molecule has 0 bridgehead atoms. The third-order valence-electron chi connectivity index (χ3n) is 5.33. The minimum Gasteiger partial charge on any atom is -0.355 e. The highest BCUT2D eigenvalue weighted by molar-refractivity contribution is 7.88. The van der Waals surface area contributed by atoms with Crippen LogP contribution in [0.4, 0.5) is 0 Å². The van der Waals surface area contributed by atoms with E-state index < -0.39 is 10.0 Å². The van der Waals surface area contributed by atoms with Gasteiger partial charge in [0.1, 0.15) is 0 Å². The van der Waals surface area contributed by atoms with Crippen LogP contribution in [0.2, 0.25) is 0 Å². The molecule has 0 amide bonds. The number of hydrogen-bond acceptors (Lipinski definition) is 3. The van der Waals surface area contributed by atoms with Gasteiger partial charge < -0.3 is 10.2 Å². The van der Waals surface area contributed by atoms with Gasteiger partial charge in [-0.25, -0.2) is 8.42 Å². The van der Waals surface area contributed by atoms with E-state index in [2.05, 4.69) is 45.6 Å². The van der Waals surface area contributed by atoms with Crippen LogP contribution in [0.25, 0.3) is 6.08 Å². The van der Waals surface area contributed by atoms with Gasteiger partial charge in [0.15, 0.2) is 5.96 Å². The second kappa shape index (κ2) is 8.89. The molecule has 0 unspecified atom stereocenters. The molecule has 0 aliphatic carbocycles. The maximum Gasteiger partial charge on any atom is 0.211 e. The topological polar surface area (TPSA) is 65.0 Å². The Kier molecular flexibility index (Phi) is 6.55. The summed E-state index contributed by atoms with van der Waals surface area (Å²) < 4.78 is 25.4. The largest absolute Gasteiger partial charge is 0.355 e. The van der Waals surface area contributed by atoms with Crippen molar-refractivity contribution >= 4 is 22.1 Å². The quantitative estimate of drug-likeness (QED) is 0.632. The summed E-state index contributed by atoms with van der Waals surface area (Å²) in [6, 6.07) is 10.5. The fourth-order valence-electron chi connectivity index (χ4n) is 3.93. The van der Waals surface area contributed by atoms with Crippen molar-refractivity contribution in [3.8, 4) is 0 Å². The van der Waals surface area contributed by atoms with Crippen LogP contribution in [0.5, 0.6) is 0 Å². The van der Waals surface area contributed by atoms with Gasteiger partial charge >= 0.3 is 0 Å². The molecule has 2 saturated heterocycles. The molecule has 0 saturated carbocycles. The first-order chi connectivity index (χ1) is 13.0. The lowest BCUT2D eigenvalue weighted by Crippen LogP contribution is -2.49. The number of nitrogens with one attached hydrogen (secondary N) is 1. The maximum absolute atomic E-state index is 11.9. The standard InChI is InChI=1S/C20H30N4O2S/c1-21-20(22-16-19-9-6-12-24(19)27(2,25)26)23-13-10-18(11-14-23)15-17-7-4-3-5-8-17/h3-5,7-8,15,19H,6,9-14,16H2,1-2H3,(H,21,22)/t19-/m1/s1. The lowest BCUT2D eigenvalue weighted by atomic mass is 10.0. The summed E-state index contributed by atoms with van der Waals surface area (Å²) in [4.78, 5) is 6.68. The minimum atomic E-state index is -3.14. The molecule has 2 fully saturated rings. The molecule has 2 aliphatic heterocycles. The second-order valence-electron chi connectivity index (χ2n) is 7.30. The van der Waals surface area contributed by atoms with Crippen LogP contribution in [-0.4, -0.2) is 69.1 Å². The maximum atomic E-state index is 11.9. The van der Waals surface area contributed by atoms with E-state index in [0.29, 0.717) is 13.1 Å². The van der Waals surface area contributed by atoms with Gasteiger partial charge in [-0.15, -0.1) is 0 Å². The number of hydrogen-bond donors (Lipinski definition) is 1. The van der Waals surface area contributed by atoms with Crippen LogP contribution in [0.3, 0.4) is 0 Å².